The highest BCUT2D eigenvalue weighted by Crippen LogP contribution is 2.32. The van der Waals surface area contributed by atoms with Gasteiger partial charge in [0, 0.05) is 11.5 Å². The molecule has 0 saturated carbocycles. The third-order valence-electron chi connectivity index (χ3n) is 2.74. The average molecular weight is 498 g/mol. The molecule has 0 aliphatic heterocycles. The normalized spacial score (nSPS) is 10.5. The number of likely N-dealkylation sites (N-methyl/N-ethyl adjacent to an activating group) is 1. The van der Waals surface area contributed by atoms with E-state index in [1.54, 1.807) is 11.9 Å². The zero-order valence-corrected chi connectivity index (χ0v) is 16.7. The summed E-state index contributed by atoms with van der Waals surface area (Å²) in [5.41, 5.74) is 0.665. The van der Waals surface area contributed by atoms with E-state index >= 15 is 0 Å². The number of hydrogen-bond donors (Lipinski definition) is 0. The van der Waals surface area contributed by atoms with Crippen LogP contribution in [0, 0.1) is 0 Å². The summed E-state index contributed by atoms with van der Waals surface area (Å²) >= 11 is 11.6. The number of carbonyl (C=O) groups excluding carboxylic acids is 1. The molecule has 1 heterocycles. The average Bonchev–Trinajstić information content (AvgIpc) is 2.79. The van der Waals surface area contributed by atoms with Crippen molar-refractivity contribution in [2.24, 2.45) is 0 Å². The van der Waals surface area contributed by atoms with Gasteiger partial charge in [-0.1, -0.05) is 15.9 Å². The molecule has 0 spiro atoms. The summed E-state index contributed by atoms with van der Waals surface area (Å²) in [5, 5.41) is 0. The van der Waals surface area contributed by atoms with Crippen molar-refractivity contribution in [2.45, 2.75) is 0 Å². The highest BCUT2D eigenvalue weighted by molar-refractivity contribution is 9.12. The molecule has 0 N–H and O–H groups in total. The van der Waals surface area contributed by atoms with Crippen LogP contribution < -0.4 is 4.74 Å². The zero-order valence-electron chi connectivity index (χ0n) is 11.1. The van der Waals surface area contributed by atoms with E-state index in [9.17, 15) is 4.79 Å². The molecule has 2 rings (SSSR count). The quantitative estimate of drug-likeness (QED) is 0.569. The van der Waals surface area contributed by atoms with Crippen LogP contribution >= 0.6 is 59.1 Å². The molecule has 3 nitrogen and oxygen atoms in total. The summed E-state index contributed by atoms with van der Waals surface area (Å²) in [7, 11) is 1.77. The molecule has 0 radical (unpaired) electrons. The van der Waals surface area contributed by atoms with Crippen molar-refractivity contribution in [3.8, 4) is 5.75 Å². The number of hydrogen-bond acceptors (Lipinski definition) is 3. The van der Waals surface area contributed by atoms with Gasteiger partial charge in [0.05, 0.1) is 19.7 Å². The number of rotatable bonds is 5. The van der Waals surface area contributed by atoms with Crippen LogP contribution in [0.25, 0.3) is 0 Å². The Morgan fingerprint density at radius 3 is 2.48 bits per heavy atom. The molecule has 1 aromatic heterocycles. The predicted molar refractivity (Wildman–Crippen MR) is 96.3 cm³/mol. The van der Waals surface area contributed by atoms with Gasteiger partial charge in [-0.25, -0.2) is 0 Å². The number of benzene rings is 1. The molecule has 0 saturated heterocycles. The summed E-state index contributed by atoms with van der Waals surface area (Å²) in [5.74, 6) is 0.765. The van der Waals surface area contributed by atoms with E-state index in [1.807, 2.05) is 30.3 Å². The van der Waals surface area contributed by atoms with Gasteiger partial charge in [0.15, 0.2) is 0 Å². The Hall–Kier alpha value is -0.370. The minimum Gasteiger partial charge on any atom is -0.492 e. The summed E-state index contributed by atoms with van der Waals surface area (Å²) in [6, 6.07) is 9.44. The van der Waals surface area contributed by atoms with Crippen LogP contribution in [0.3, 0.4) is 0 Å². The zero-order chi connectivity index (χ0) is 15.4. The van der Waals surface area contributed by atoms with Crippen LogP contribution in [-0.4, -0.2) is 31.0 Å². The Bertz CT molecular complexity index is 628. The first-order valence-electron chi connectivity index (χ1n) is 6.06. The molecule has 0 atom stereocenters. The monoisotopic (exact) mass is 495 g/mol. The predicted octanol–water partition coefficient (Wildman–Crippen LogP) is 5.19. The van der Waals surface area contributed by atoms with Crippen LogP contribution in [0.1, 0.15) is 10.4 Å². The topological polar surface area (TPSA) is 29.5 Å². The molecule has 2 aromatic rings. The number of thiophene rings is 1. The van der Waals surface area contributed by atoms with E-state index in [1.165, 1.54) is 11.3 Å². The molecule has 21 heavy (non-hydrogen) atoms. The lowest BCUT2D eigenvalue weighted by atomic mass is 10.3. The van der Waals surface area contributed by atoms with Crippen molar-refractivity contribution in [1.82, 2.24) is 4.90 Å². The van der Waals surface area contributed by atoms with Crippen LogP contribution in [0.2, 0.25) is 0 Å². The maximum absolute atomic E-state index is 12.3. The van der Waals surface area contributed by atoms with Crippen molar-refractivity contribution in [3.63, 3.8) is 0 Å². The van der Waals surface area contributed by atoms with Gasteiger partial charge >= 0.3 is 0 Å². The van der Waals surface area contributed by atoms with Gasteiger partial charge in [-0.2, -0.15) is 0 Å². The first-order valence-corrected chi connectivity index (χ1v) is 9.25. The van der Waals surface area contributed by atoms with Crippen LogP contribution in [0.4, 0.5) is 0 Å². The largest absolute Gasteiger partial charge is 0.492 e. The summed E-state index contributed by atoms with van der Waals surface area (Å²) in [4.78, 5) is 13.9. The third-order valence-corrected chi connectivity index (χ3v) is 5.61. The Morgan fingerprint density at radius 1 is 1.24 bits per heavy atom. The molecule has 112 valence electrons. The molecular formula is C14H12Br3NO2S. The summed E-state index contributed by atoms with van der Waals surface area (Å²) in [6.07, 6.45) is 0. The van der Waals surface area contributed by atoms with Gasteiger partial charge in [-0.15, -0.1) is 11.3 Å². The van der Waals surface area contributed by atoms with Crippen molar-refractivity contribution in [1.29, 1.82) is 0 Å². The fourth-order valence-corrected chi connectivity index (χ4v) is 4.67. The Kier molecular flexibility index (Phi) is 6.28. The van der Waals surface area contributed by atoms with E-state index in [0.717, 1.165) is 17.8 Å². The SMILES string of the molecule is CN(CCOc1ccc(Br)cc1)C(=O)c1cc(Br)sc1Br. The van der Waals surface area contributed by atoms with Crippen LogP contribution in [0.5, 0.6) is 5.75 Å². The number of ether oxygens (including phenoxy) is 1. The molecule has 1 amide bonds. The minimum absolute atomic E-state index is 0.0248. The summed E-state index contributed by atoms with van der Waals surface area (Å²) < 4.78 is 8.39. The van der Waals surface area contributed by atoms with E-state index in [2.05, 4.69) is 47.8 Å². The minimum atomic E-state index is -0.0248. The van der Waals surface area contributed by atoms with Gasteiger partial charge < -0.3 is 9.64 Å². The van der Waals surface area contributed by atoms with Gasteiger partial charge in [-0.05, 0) is 62.2 Å². The standard InChI is InChI=1S/C14H12Br3NO2S/c1-18(14(19)11-8-12(16)21-13(11)17)6-7-20-10-4-2-9(15)3-5-10/h2-5,8H,6-7H2,1H3. The lowest BCUT2D eigenvalue weighted by molar-refractivity contribution is 0.0773. The van der Waals surface area contributed by atoms with E-state index in [4.69, 9.17) is 4.74 Å². The molecule has 1 aromatic carbocycles. The molecule has 0 fully saturated rings. The molecule has 0 unspecified atom stereocenters. The van der Waals surface area contributed by atoms with Gasteiger partial charge in [0.2, 0.25) is 0 Å². The Morgan fingerprint density at radius 2 is 1.90 bits per heavy atom. The molecule has 7 heteroatoms. The first kappa shape index (κ1) is 17.0. The number of nitrogens with zero attached hydrogens (tertiary/aromatic N) is 1. The van der Waals surface area contributed by atoms with E-state index in [0.29, 0.717) is 18.7 Å². The maximum atomic E-state index is 12.3. The van der Waals surface area contributed by atoms with Gasteiger partial charge in [-0.3, -0.25) is 4.79 Å². The van der Waals surface area contributed by atoms with Gasteiger partial charge in [0.25, 0.3) is 5.91 Å². The van der Waals surface area contributed by atoms with E-state index in [-0.39, 0.29) is 5.91 Å². The molecule has 0 aliphatic rings. The highest BCUT2D eigenvalue weighted by Gasteiger charge is 2.17. The van der Waals surface area contributed by atoms with E-state index < -0.39 is 0 Å². The van der Waals surface area contributed by atoms with Crippen molar-refractivity contribution in [3.05, 3.63) is 47.9 Å². The van der Waals surface area contributed by atoms with Crippen molar-refractivity contribution < 1.29 is 9.53 Å². The van der Waals surface area contributed by atoms with Crippen LogP contribution in [-0.2, 0) is 0 Å². The van der Waals surface area contributed by atoms with Crippen molar-refractivity contribution in [2.75, 3.05) is 20.2 Å². The van der Waals surface area contributed by atoms with Crippen molar-refractivity contribution >= 4 is 65.0 Å². The highest BCUT2D eigenvalue weighted by atomic mass is 79.9. The number of carbonyl (C=O) groups is 1. The number of halogens is 3. The fourth-order valence-electron chi connectivity index (χ4n) is 1.62. The molecular weight excluding hydrogens is 486 g/mol. The lowest BCUT2D eigenvalue weighted by Crippen LogP contribution is -2.30. The fraction of sp³-hybridized carbons (Fsp3) is 0.214. The lowest BCUT2D eigenvalue weighted by Gasteiger charge is -2.17. The second-order valence-corrected chi connectivity index (χ2v) is 8.93. The third kappa shape index (κ3) is 4.81. The summed E-state index contributed by atoms with van der Waals surface area (Å²) in [6.45, 7) is 0.974. The molecule has 0 aliphatic carbocycles. The Labute approximate surface area is 152 Å². The maximum Gasteiger partial charge on any atom is 0.255 e. The Balaban J connectivity index is 1.87. The molecule has 0 bridgehead atoms. The smallest absolute Gasteiger partial charge is 0.255 e. The first-order chi connectivity index (χ1) is 9.97. The van der Waals surface area contributed by atoms with Crippen LogP contribution in [0.15, 0.2) is 42.4 Å². The second kappa shape index (κ2) is 7.76. The number of amides is 1. The second-order valence-electron chi connectivity index (χ2n) is 4.27. The van der Waals surface area contributed by atoms with Gasteiger partial charge in [0.1, 0.15) is 12.4 Å².